The van der Waals surface area contributed by atoms with Gasteiger partial charge in [0.2, 0.25) is 0 Å². The molecule has 212 valence electrons. The summed E-state index contributed by atoms with van der Waals surface area (Å²) in [4.78, 5) is 46.2. The molecular weight excluding hydrogens is 614 g/mol. The monoisotopic (exact) mass is 634 g/mol. The Morgan fingerprint density at radius 3 is 1.12 bits per heavy atom. The van der Waals surface area contributed by atoms with Crippen molar-refractivity contribution in [2.75, 3.05) is 40.6 Å². The summed E-state index contributed by atoms with van der Waals surface area (Å²) in [6, 6.07) is 4.92. The fourth-order valence-electron chi connectivity index (χ4n) is 2.85. The van der Waals surface area contributed by atoms with Crippen LogP contribution in [0.3, 0.4) is 0 Å². The Morgan fingerprint density at radius 1 is 0.561 bits per heavy atom. The molecule has 0 radical (unpaired) electrons. The minimum atomic E-state index is -5.00. The zero-order valence-electron chi connectivity index (χ0n) is 22.2. The summed E-state index contributed by atoms with van der Waals surface area (Å²) >= 11 is 0. The molecule has 41 heavy (non-hydrogen) atoms. The minimum absolute atomic E-state index is 0. The summed E-state index contributed by atoms with van der Waals surface area (Å²) in [5.74, 6) is -4.13. The van der Waals surface area contributed by atoms with Crippen molar-refractivity contribution in [2.45, 2.75) is 9.79 Å². The number of methoxy groups -OCH3 is 2. The number of hydrogen-bond donors (Lipinski definition) is 0. The molecule has 2 rings (SSSR count). The number of hydrogen-bond acceptors (Lipinski definition) is 15. The summed E-state index contributed by atoms with van der Waals surface area (Å²) in [6.45, 7) is -1.16. The standard InChI is InChI=1S/C22H22O15S2.2Na/c1-33-19(23)13-7-15(11-17(9-13)38(27,28)29)21(25)36-5-3-35-4-6-37-22(26)16-8-14(20(24)34-2)10-18(12-16)39(30,31)32;;/h7-12H,3-6H2,1-2H3,(H,27,28,29)(H,30,31,32);;/q;2*+1/p-2. The van der Waals surface area contributed by atoms with Crippen LogP contribution < -0.4 is 59.1 Å². The number of esters is 4. The van der Waals surface area contributed by atoms with Crippen molar-refractivity contribution in [3.8, 4) is 0 Å². The minimum Gasteiger partial charge on any atom is -0.744 e. The maximum absolute atomic E-state index is 12.2. The van der Waals surface area contributed by atoms with Crippen LogP contribution >= 0.6 is 0 Å². The van der Waals surface area contributed by atoms with Gasteiger partial charge in [-0.1, -0.05) is 0 Å². The fourth-order valence-corrected chi connectivity index (χ4v) is 3.93. The van der Waals surface area contributed by atoms with E-state index in [1.54, 1.807) is 0 Å². The number of benzene rings is 2. The van der Waals surface area contributed by atoms with Gasteiger partial charge in [0.25, 0.3) is 0 Å². The molecule has 0 saturated heterocycles. The number of carbonyl (C=O) groups excluding carboxylic acids is 4. The van der Waals surface area contributed by atoms with Crippen LogP contribution in [0.15, 0.2) is 46.2 Å². The topological polar surface area (TPSA) is 229 Å². The van der Waals surface area contributed by atoms with Gasteiger partial charge in [0.15, 0.2) is 0 Å². The third-order valence-electron chi connectivity index (χ3n) is 4.63. The zero-order chi connectivity index (χ0) is 29.4. The van der Waals surface area contributed by atoms with E-state index in [9.17, 15) is 45.1 Å². The van der Waals surface area contributed by atoms with E-state index in [0.29, 0.717) is 0 Å². The predicted molar refractivity (Wildman–Crippen MR) is 123 cm³/mol. The van der Waals surface area contributed by atoms with E-state index in [1.165, 1.54) is 0 Å². The van der Waals surface area contributed by atoms with Gasteiger partial charge in [-0.3, -0.25) is 0 Å². The van der Waals surface area contributed by atoms with E-state index in [0.717, 1.165) is 50.6 Å². The normalized spacial score (nSPS) is 10.8. The molecular formula is C22H20Na2O15S2. The third-order valence-corrected chi connectivity index (χ3v) is 6.25. The quantitative estimate of drug-likeness (QED) is 0.0696. The molecule has 2 aromatic rings. The number of ether oxygens (including phenoxy) is 5. The molecule has 0 heterocycles. The molecule has 0 atom stereocenters. The Bertz CT molecular complexity index is 1380. The van der Waals surface area contributed by atoms with Gasteiger partial charge in [0.1, 0.15) is 33.5 Å². The van der Waals surface area contributed by atoms with Gasteiger partial charge < -0.3 is 32.8 Å². The second-order valence-corrected chi connectivity index (χ2v) is 10.0. The Balaban J connectivity index is 0.00000800. The van der Waals surface area contributed by atoms with Crippen molar-refractivity contribution in [3.05, 3.63) is 58.7 Å². The van der Waals surface area contributed by atoms with E-state index in [1.807, 2.05) is 0 Å². The van der Waals surface area contributed by atoms with Crippen LogP contribution in [-0.2, 0) is 43.9 Å². The van der Waals surface area contributed by atoms with Gasteiger partial charge in [-0.2, -0.15) is 0 Å². The van der Waals surface area contributed by atoms with E-state index in [4.69, 9.17) is 14.2 Å². The first-order chi connectivity index (χ1) is 18.2. The third kappa shape index (κ3) is 12.1. The van der Waals surface area contributed by atoms with E-state index in [2.05, 4.69) is 9.47 Å². The first-order valence-corrected chi connectivity index (χ1v) is 13.3. The second-order valence-electron chi connectivity index (χ2n) is 7.27. The number of rotatable bonds is 12. The van der Waals surface area contributed by atoms with Crippen LogP contribution in [0.2, 0.25) is 0 Å². The Hall–Kier alpha value is -1.90. The molecule has 0 aliphatic carbocycles. The predicted octanol–water partition coefficient (Wildman–Crippen LogP) is -5.89. The summed E-state index contributed by atoms with van der Waals surface area (Å²) in [5.41, 5.74) is -1.54. The molecule has 2 aromatic carbocycles. The van der Waals surface area contributed by atoms with Crippen molar-refractivity contribution in [1.29, 1.82) is 0 Å². The molecule has 0 spiro atoms. The smallest absolute Gasteiger partial charge is 0.744 e. The van der Waals surface area contributed by atoms with Gasteiger partial charge in [-0.25, -0.2) is 36.0 Å². The van der Waals surface area contributed by atoms with Crippen LogP contribution in [0.4, 0.5) is 0 Å². The molecule has 0 bridgehead atoms. The molecule has 0 fully saturated rings. The Morgan fingerprint density at radius 2 is 0.854 bits per heavy atom. The molecule has 0 saturated carbocycles. The molecule has 15 nitrogen and oxygen atoms in total. The molecule has 0 aromatic heterocycles. The molecule has 0 aliphatic rings. The van der Waals surface area contributed by atoms with E-state index >= 15 is 0 Å². The van der Waals surface area contributed by atoms with Crippen LogP contribution in [0, 0.1) is 0 Å². The first kappa shape index (κ1) is 39.1. The average molecular weight is 635 g/mol. The molecule has 0 aliphatic heterocycles. The molecule has 0 N–H and O–H groups in total. The maximum atomic E-state index is 12.2. The van der Waals surface area contributed by atoms with Gasteiger partial charge in [0.05, 0.1) is 59.5 Å². The van der Waals surface area contributed by atoms with E-state index in [-0.39, 0.29) is 96.7 Å². The van der Waals surface area contributed by atoms with Crippen molar-refractivity contribution >= 4 is 44.1 Å². The van der Waals surface area contributed by atoms with Gasteiger partial charge in [-0.15, -0.1) is 0 Å². The van der Waals surface area contributed by atoms with Gasteiger partial charge in [0, 0.05) is 0 Å². The van der Waals surface area contributed by atoms with Crippen molar-refractivity contribution < 1.29 is 128 Å². The molecule has 19 heteroatoms. The number of carbonyl (C=O) groups is 4. The van der Waals surface area contributed by atoms with Crippen LogP contribution in [0.1, 0.15) is 41.4 Å². The first-order valence-electron chi connectivity index (χ1n) is 10.5. The van der Waals surface area contributed by atoms with Crippen LogP contribution in [0.5, 0.6) is 0 Å². The van der Waals surface area contributed by atoms with Crippen molar-refractivity contribution in [3.63, 3.8) is 0 Å². The fraction of sp³-hybridized carbons (Fsp3) is 0.273. The summed E-state index contributed by atoms with van der Waals surface area (Å²) in [7, 11) is -7.98. The molecule has 0 unspecified atom stereocenters. The SMILES string of the molecule is COC(=O)c1cc(C(=O)OCCOCCOC(=O)c2cc(C(=O)OC)cc(S(=O)(=O)[O-])c2)cc(S(=O)(=O)[O-])c1.[Na+].[Na+]. The average Bonchev–Trinajstić information content (AvgIpc) is 2.89. The van der Waals surface area contributed by atoms with Gasteiger partial charge >= 0.3 is 83.0 Å². The van der Waals surface area contributed by atoms with Gasteiger partial charge in [-0.05, 0) is 36.4 Å². The van der Waals surface area contributed by atoms with Crippen LogP contribution in [-0.4, -0.2) is 90.5 Å². The molecule has 0 amide bonds. The summed E-state index contributed by atoms with van der Waals surface area (Å²) < 4.78 is 91.7. The summed E-state index contributed by atoms with van der Waals surface area (Å²) in [5, 5.41) is 0. The zero-order valence-corrected chi connectivity index (χ0v) is 27.9. The van der Waals surface area contributed by atoms with Crippen molar-refractivity contribution in [2.24, 2.45) is 0 Å². The Labute approximate surface area is 278 Å². The summed E-state index contributed by atoms with van der Waals surface area (Å²) in [6.07, 6.45) is 0. The largest absolute Gasteiger partial charge is 1.00 e. The van der Waals surface area contributed by atoms with Crippen molar-refractivity contribution in [1.82, 2.24) is 0 Å². The van der Waals surface area contributed by atoms with Crippen LogP contribution in [0.25, 0.3) is 0 Å². The van der Waals surface area contributed by atoms with E-state index < -0.39 is 65.0 Å². The second kappa shape index (κ2) is 17.3. The Kier molecular flexibility index (Phi) is 16.5. The maximum Gasteiger partial charge on any atom is 1.00 e.